The Morgan fingerprint density at radius 3 is 2.83 bits per heavy atom. The molecule has 0 radical (unpaired) electrons. The molecule has 1 N–H and O–H groups in total. The number of rotatable bonds is 4. The molecule has 0 amide bonds. The average Bonchev–Trinajstić information content (AvgIpc) is 2.71. The smallest absolute Gasteiger partial charge is 0.177 e. The minimum atomic E-state index is 0.448. The fraction of sp³-hybridized carbons (Fsp3) is 0.357. The Hall–Kier alpha value is -1.55. The molecule has 4 heteroatoms. The summed E-state index contributed by atoms with van der Waals surface area (Å²) >= 11 is 5.33. The van der Waals surface area contributed by atoms with Crippen molar-refractivity contribution < 1.29 is 4.74 Å². The highest BCUT2D eigenvalue weighted by Crippen LogP contribution is 2.18. The first-order chi connectivity index (χ1) is 8.61. The van der Waals surface area contributed by atoms with Gasteiger partial charge in [-0.1, -0.05) is 26.0 Å². The Morgan fingerprint density at radius 2 is 2.17 bits per heavy atom. The van der Waals surface area contributed by atoms with Crippen molar-refractivity contribution in [3.05, 3.63) is 46.5 Å². The van der Waals surface area contributed by atoms with Gasteiger partial charge in [-0.25, -0.2) is 0 Å². The SMILES string of the molecule is COc1cccc(Cn2c(C(C)C)c[nH]c2=S)c1. The van der Waals surface area contributed by atoms with E-state index in [1.165, 1.54) is 11.3 Å². The maximum absolute atomic E-state index is 5.33. The fourth-order valence-corrected chi connectivity index (χ4v) is 2.23. The van der Waals surface area contributed by atoms with Crippen LogP contribution in [0.5, 0.6) is 5.75 Å². The summed E-state index contributed by atoms with van der Waals surface area (Å²) in [7, 11) is 1.68. The molecule has 0 fully saturated rings. The van der Waals surface area contributed by atoms with Crippen LogP contribution in [-0.4, -0.2) is 16.7 Å². The quantitative estimate of drug-likeness (QED) is 0.851. The van der Waals surface area contributed by atoms with Gasteiger partial charge in [0.05, 0.1) is 13.7 Å². The van der Waals surface area contributed by atoms with Crippen LogP contribution < -0.4 is 4.74 Å². The van der Waals surface area contributed by atoms with Crippen LogP contribution in [0.2, 0.25) is 0 Å². The van der Waals surface area contributed by atoms with E-state index in [4.69, 9.17) is 17.0 Å². The van der Waals surface area contributed by atoms with E-state index in [0.717, 1.165) is 17.1 Å². The summed E-state index contributed by atoms with van der Waals surface area (Å²) in [6, 6.07) is 8.07. The van der Waals surface area contributed by atoms with Crippen LogP contribution in [0.3, 0.4) is 0 Å². The highest BCUT2D eigenvalue weighted by molar-refractivity contribution is 7.71. The van der Waals surface area contributed by atoms with Crippen LogP contribution in [0.1, 0.15) is 31.0 Å². The van der Waals surface area contributed by atoms with Crippen molar-refractivity contribution in [2.45, 2.75) is 26.3 Å². The summed E-state index contributed by atoms with van der Waals surface area (Å²) in [6.07, 6.45) is 1.99. The summed E-state index contributed by atoms with van der Waals surface area (Å²) < 4.78 is 8.14. The van der Waals surface area contributed by atoms with Gasteiger partial charge in [0, 0.05) is 11.9 Å². The number of nitrogens with zero attached hydrogens (tertiary/aromatic N) is 1. The summed E-state index contributed by atoms with van der Waals surface area (Å²) in [4.78, 5) is 3.11. The molecule has 0 aliphatic heterocycles. The van der Waals surface area contributed by atoms with E-state index in [2.05, 4.69) is 29.5 Å². The van der Waals surface area contributed by atoms with Crippen LogP contribution in [0, 0.1) is 4.77 Å². The molecule has 1 heterocycles. The molecule has 0 atom stereocenters. The molecule has 0 aliphatic rings. The van der Waals surface area contributed by atoms with Crippen molar-refractivity contribution in [2.24, 2.45) is 0 Å². The molecule has 0 saturated carbocycles. The third-order valence-electron chi connectivity index (χ3n) is 2.97. The van der Waals surface area contributed by atoms with E-state index in [1.807, 2.05) is 24.4 Å². The number of nitrogens with one attached hydrogen (secondary N) is 1. The van der Waals surface area contributed by atoms with Gasteiger partial charge in [0.1, 0.15) is 5.75 Å². The molecule has 18 heavy (non-hydrogen) atoms. The maximum atomic E-state index is 5.33. The molecule has 1 aromatic heterocycles. The van der Waals surface area contributed by atoms with Gasteiger partial charge in [-0.05, 0) is 35.8 Å². The third-order valence-corrected chi connectivity index (χ3v) is 3.30. The number of benzene rings is 1. The minimum absolute atomic E-state index is 0.448. The lowest BCUT2D eigenvalue weighted by Crippen LogP contribution is -2.06. The molecular weight excluding hydrogens is 244 g/mol. The molecule has 0 saturated heterocycles. The topological polar surface area (TPSA) is 29.9 Å². The predicted molar refractivity (Wildman–Crippen MR) is 75.8 cm³/mol. The highest BCUT2D eigenvalue weighted by Gasteiger charge is 2.08. The second-order valence-corrected chi connectivity index (χ2v) is 5.00. The first kappa shape index (κ1) is 12.9. The highest BCUT2D eigenvalue weighted by atomic mass is 32.1. The molecule has 2 rings (SSSR count). The van der Waals surface area contributed by atoms with Crippen molar-refractivity contribution in [3.8, 4) is 5.75 Å². The summed E-state index contributed by atoms with van der Waals surface area (Å²) in [5.41, 5.74) is 2.41. The normalized spacial score (nSPS) is 10.9. The monoisotopic (exact) mass is 262 g/mol. The minimum Gasteiger partial charge on any atom is -0.497 e. The third kappa shape index (κ3) is 2.64. The zero-order chi connectivity index (χ0) is 13.1. The molecule has 0 spiro atoms. The Kier molecular flexibility index (Phi) is 3.87. The predicted octanol–water partition coefficient (Wildman–Crippen LogP) is 3.73. The van der Waals surface area contributed by atoms with Crippen molar-refractivity contribution >= 4 is 12.2 Å². The van der Waals surface area contributed by atoms with E-state index in [9.17, 15) is 0 Å². The van der Waals surface area contributed by atoms with Crippen LogP contribution in [0.4, 0.5) is 0 Å². The van der Waals surface area contributed by atoms with Gasteiger partial charge in [0.2, 0.25) is 0 Å². The Bertz CT molecular complexity index is 583. The zero-order valence-electron chi connectivity index (χ0n) is 10.9. The lowest BCUT2D eigenvalue weighted by molar-refractivity contribution is 0.414. The van der Waals surface area contributed by atoms with Crippen molar-refractivity contribution in [2.75, 3.05) is 7.11 Å². The van der Waals surface area contributed by atoms with E-state index in [0.29, 0.717) is 5.92 Å². The second-order valence-electron chi connectivity index (χ2n) is 4.61. The van der Waals surface area contributed by atoms with Crippen LogP contribution in [0.25, 0.3) is 0 Å². The van der Waals surface area contributed by atoms with Crippen LogP contribution in [-0.2, 0) is 6.54 Å². The first-order valence-electron chi connectivity index (χ1n) is 6.03. The summed E-state index contributed by atoms with van der Waals surface area (Å²) in [5.74, 6) is 1.32. The van der Waals surface area contributed by atoms with E-state index in [-0.39, 0.29) is 0 Å². The molecule has 96 valence electrons. The zero-order valence-corrected chi connectivity index (χ0v) is 11.8. The number of ether oxygens (including phenoxy) is 1. The second kappa shape index (κ2) is 5.40. The number of aromatic nitrogens is 2. The molecule has 0 unspecified atom stereocenters. The number of H-pyrrole nitrogens is 1. The number of methoxy groups -OCH3 is 1. The molecule has 2 aromatic rings. The summed E-state index contributed by atoms with van der Waals surface area (Å²) in [5, 5.41) is 0. The van der Waals surface area contributed by atoms with Crippen molar-refractivity contribution in [3.63, 3.8) is 0 Å². The van der Waals surface area contributed by atoms with Crippen LogP contribution >= 0.6 is 12.2 Å². The fourth-order valence-electron chi connectivity index (χ4n) is 2.00. The number of hydrogen-bond acceptors (Lipinski definition) is 2. The Balaban J connectivity index is 2.33. The van der Waals surface area contributed by atoms with E-state index >= 15 is 0 Å². The largest absolute Gasteiger partial charge is 0.497 e. The van der Waals surface area contributed by atoms with Gasteiger partial charge in [-0.3, -0.25) is 0 Å². The first-order valence-corrected chi connectivity index (χ1v) is 6.43. The van der Waals surface area contributed by atoms with Crippen molar-refractivity contribution in [1.82, 2.24) is 9.55 Å². The molecule has 3 nitrogen and oxygen atoms in total. The summed E-state index contributed by atoms with van der Waals surface area (Å²) in [6.45, 7) is 5.10. The average molecular weight is 262 g/mol. The van der Waals surface area contributed by atoms with Gasteiger partial charge in [0.15, 0.2) is 4.77 Å². The van der Waals surface area contributed by atoms with Crippen LogP contribution in [0.15, 0.2) is 30.5 Å². The Morgan fingerprint density at radius 1 is 1.39 bits per heavy atom. The lowest BCUT2D eigenvalue weighted by Gasteiger charge is -2.11. The van der Waals surface area contributed by atoms with Gasteiger partial charge in [0.25, 0.3) is 0 Å². The molecule has 0 bridgehead atoms. The van der Waals surface area contributed by atoms with E-state index in [1.54, 1.807) is 7.11 Å². The molecular formula is C14H18N2OS. The van der Waals surface area contributed by atoms with E-state index < -0.39 is 0 Å². The van der Waals surface area contributed by atoms with Crippen molar-refractivity contribution in [1.29, 1.82) is 0 Å². The lowest BCUT2D eigenvalue weighted by atomic mass is 10.1. The molecule has 1 aromatic carbocycles. The number of imidazole rings is 1. The standard InChI is InChI=1S/C14H18N2OS/c1-10(2)13-8-15-14(18)16(13)9-11-5-4-6-12(7-11)17-3/h4-8,10H,9H2,1-3H3,(H,15,18). The van der Waals surface area contributed by atoms with Gasteiger partial charge in [-0.15, -0.1) is 0 Å². The van der Waals surface area contributed by atoms with Gasteiger partial charge < -0.3 is 14.3 Å². The van der Waals surface area contributed by atoms with Gasteiger partial charge in [-0.2, -0.15) is 0 Å². The molecule has 0 aliphatic carbocycles. The number of aromatic amines is 1. The maximum Gasteiger partial charge on any atom is 0.177 e. The Labute approximate surface area is 112 Å². The number of hydrogen-bond donors (Lipinski definition) is 1. The van der Waals surface area contributed by atoms with Gasteiger partial charge >= 0.3 is 0 Å².